The number of nitrogens with one attached hydrogen (secondary N) is 3. The van der Waals surface area contributed by atoms with E-state index in [9.17, 15) is 18.7 Å². The fourth-order valence-corrected chi connectivity index (χ4v) is 4.61. The zero-order chi connectivity index (χ0) is 28.2. The van der Waals surface area contributed by atoms with Gasteiger partial charge in [0.25, 0.3) is 5.91 Å². The van der Waals surface area contributed by atoms with Crippen molar-refractivity contribution in [2.75, 3.05) is 13.1 Å². The fraction of sp³-hybridized carbons (Fsp3) is 0.406. The molecule has 2 atom stereocenters. The summed E-state index contributed by atoms with van der Waals surface area (Å²) in [6.45, 7) is 8.47. The van der Waals surface area contributed by atoms with Crippen LogP contribution in [0.3, 0.4) is 0 Å². The summed E-state index contributed by atoms with van der Waals surface area (Å²) in [5.74, 6) is -1.74. The molecule has 0 bridgehead atoms. The molecule has 0 aliphatic carbocycles. The van der Waals surface area contributed by atoms with E-state index in [4.69, 9.17) is 0 Å². The Morgan fingerprint density at radius 1 is 0.854 bits per heavy atom. The molecule has 0 saturated carbocycles. The first kappa shape index (κ1) is 36.5. The van der Waals surface area contributed by atoms with Gasteiger partial charge in [0.2, 0.25) is 0 Å². The first-order valence-electron chi connectivity index (χ1n) is 13.8. The van der Waals surface area contributed by atoms with Crippen molar-refractivity contribution in [2.45, 2.75) is 71.7 Å². The van der Waals surface area contributed by atoms with Crippen LogP contribution in [0.25, 0.3) is 0 Å². The Labute approximate surface area is 255 Å². The maximum atomic E-state index is 13.9. The van der Waals surface area contributed by atoms with Crippen molar-refractivity contribution in [2.24, 2.45) is 0 Å². The Kier molecular flexibility index (Phi) is 16.7. The second-order valence-electron chi connectivity index (χ2n) is 10.2. The molecule has 3 aromatic rings. The molecule has 0 aromatic heterocycles. The Balaban J connectivity index is 0.00000420. The van der Waals surface area contributed by atoms with Crippen molar-refractivity contribution in [1.29, 1.82) is 0 Å². The van der Waals surface area contributed by atoms with Crippen molar-refractivity contribution in [3.8, 4) is 0 Å². The Morgan fingerprint density at radius 3 is 2.22 bits per heavy atom. The fourth-order valence-electron chi connectivity index (χ4n) is 4.61. The molecule has 0 radical (unpaired) electrons. The molecule has 5 nitrogen and oxygen atoms in total. The second-order valence-corrected chi connectivity index (χ2v) is 10.2. The third-order valence-electron chi connectivity index (χ3n) is 6.68. The molecule has 3 aromatic carbocycles. The van der Waals surface area contributed by atoms with E-state index < -0.39 is 23.8 Å². The summed E-state index contributed by atoms with van der Waals surface area (Å²) in [4.78, 5) is 13.3. The molecule has 0 aliphatic rings. The van der Waals surface area contributed by atoms with Crippen molar-refractivity contribution >= 4 is 30.7 Å². The summed E-state index contributed by atoms with van der Waals surface area (Å²) in [7, 11) is 0. The molecule has 0 heterocycles. The number of carbonyl (C=O) groups excluding carboxylic acids is 1. The third-order valence-corrected chi connectivity index (χ3v) is 6.68. The highest BCUT2D eigenvalue weighted by Crippen LogP contribution is 2.15. The Hall–Kier alpha value is -2.55. The van der Waals surface area contributed by atoms with Crippen molar-refractivity contribution in [1.82, 2.24) is 16.0 Å². The van der Waals surface area contributed by atoms with Crippen LogP contribution in [0.15, 0.2) is 60.7 Å². The molecule has 3 rings (SSSR count). The van der Waals surface area contributed by atoms with Crippen LogP contribution >= 0.6 is 24.8 Å². The molecule has 1 amide bonds. The van der Waals surface area contributed by atoms with E-state index >= 15 is 0 Å². The lowest BCUT2D eigenvalue weighted by Crippen LogP contribution is -2.48. The first-order chi connectivity index (χ1) is 18.8. The molecule has 0 saturated heterocycles. The molecular formula is C32H43Cl2F2N3O2. The predicted octanol–water partition coefficient (Wildman–Crippen LogP) is 6.06. The van der Waals surface area contributed by atoms with Crippen molar-refractivity contribution < 1.29 is 18.7 Å². The second kappa shape index (κ2) is 18.8. The van der Waals surface area contributed by atoms with Gasteiger partial charge < -0.3 is 21.1 Å². The molecule has 0 aliphatic heterocycles. The molecule has 0 spiro atoms. The molecule has 0 fully saturated rings. The lowest BCUT2D eigenvalue weighted by atomic mass is 9.99. The number of halogens is 4. The monoisotopic (exact) mass is 609 g/mol. The summed E-state index contributed by atoms with van der Waals surface area (Å²) >= 11 is 0. The number of benzene rings is 3. The summed E-state index contributed by atoms with van der Waals surface area (Å²) in [6, 6.07) is 16.4. The van der Waals surface area contributed by atoms with Gasteiger partial charge in [-0.15, -0.1) is 24.8 Å². The quantitative estimate of drug-likeness (QED) is 0.158. The Morgan fingerprint density at radius 2 is 1.54 bits per heavy atom. The minimum Gasteiger partial charge on any atom is -0.390 e. The number of carbonyl (C=O) groups is 1. The average molecular weight is 611 g/mol. The number of amides is 1. The first-order valence-corrected chi connectivity index (χ1v) is 13.8. The van der Waals surface area contributed by atoms with Gasteiger partial charge in [0.05, 0.1) is 12.1 Å². The van der Waals surface area contributed by atoms with Gasteiger partial charge in [-0.05, 0) is 79.3 Å². The van der Waals surface area contributed by atoms with Crippen LogP contribution in [0, 0.1) is 18.6 Å². The van der Waals surface area contributed by atoms with E-state index in [1.165, 1.54) is 17.7 Å². The highest BCUT2D eigenvalue weighted by Gasteiger charge is 2.23. The number of aliphatic hydroxyl groups excluding tert-OH is 1. The zero-order valence-corrected chi connectivity index (χ0v) is 25.6. The Bertz CT molecular complexity index is 1210. The van der Waals surface area contributed by atoms with E-state index in [1.54, 1.807) is 6.07 Å². The van der Waals surface area contributed by atoms with Crippen molar-refractivity contribution in [3.63, 3.8) is 0 Å². The predicted molar refractivity (Wildman–Crippen MR) is 167 cm³/mol. The van der Waals surface area contributed by atoms with Gasteiger partial charge in [-0.25, -0.2) is 8.78 Å². The number of unbranched alkanes of at least 4 members (excludes halogenated alkanes) is 1. The van der Waals surface area contributed by atoms with Crippen LogP contribution < -0.4 is 16.0 Å². The molecule has 9 heteroatoms. The number of hydrogen-bond acceptors (Lipinski definition) is 4. The summed E-state index contributed by atoms with van der Waals surface area (Å²) < 4.78 is 27.8. The lowest BCUT2D eigenvalue weighted by Gasteiger charge is -2.25. The number of aryl methyl sites for hydroxylation is 2. The van der Waals surface area contributed by atoms with E-state index in [2.05, 4.69) is 41.9 Å². The SMILES string of the molecule is CCCCNCc1cc(C)cc(C(=O)N[C@@H](Cc2cc(F)cc(F)c2)[C@@H](O)CNCc2cccc(CC)c2)c1.Cl.Cl. The van der Waals surface area contributed by atoms with Crippen LogP contribution in [-0.2, 0) is 25.9 Å². The topological polar surface area (TPSA) is 73.4 Å². The highest BCUT2D eigenvalue weighted by molar-refractivity contribution is 5.94. The minimum absolute atomic E-state index is 0. The maximum absolute atomic E-state index is 13.9. The van der Waals surface area contributed by atoms with E-state index in [1.807, 2.05) is 31.2 Å². The molecule has 0 unspecified atom stereocenters. The van der Waals surface area contributed by atoms with Gasteiger partial charge in [0, 0.05) is 31.3 Å². The average Bonchev–Trinajstić information content (AvgIpc) is 2.90. The molecule has 41 heavy (non-hydrogen) atoms. The van der Waals surface area contributed by atoms with Gasteiger partial charge >= 0.3 is 0 Å². The molecule has 4 N–H and O–H groups in total. The van der Waals surface area contributed by atoms with Gasteiger partial charge in [0.15, 0.2) is 0 Å². The lowest BCUT2D eigenvalue weighted by molar-refractivity contribution is 0.0829. The smallest absolute Gasteiger partial charge is 0.251 e. The largest absolute Gasteiger partial charge is 0.390 e. The number of aliphatic hydroxyl groups is 1. The van der Waals surface area contributed by atoms with Crippen LogP contribution in [-0.4, -0.2) is 36.2 Å². The molecular weight excluding hydrogens is 567 g/mol. The van der Waals surface area contributed by atoms with Gasteiger partial charge in [-0.3, -0.25) is 4.79 Å². The molecule has 226 valence electrons. The maximum Gasteiger partial charge on any atom is 0.251 e. The van der Waals surface area contributed by atoms with Crippen LogP contribution in [0.1, 0.15) is 64.9 Å². The number of rotatable bonds is 15. The van der Waals surface area contributed by atoms with Gasteiger partial charge in [-0.1, -0.05) is 56.2 Å². The van der Waals surface area contributed by atoms with Crippen molar-refractivity contribution in [3.05, 3.63) is 106 Å². The normalized spacial score (nSPS) is 12.1. The van der Waals surface area contributed by atoms with Gasteiger partial charge in [0.1, 0.15) is 11.6 Å². The third kappa shape index (κ3) is 12.5. The van der Waals surface area contributed by atoms with Gasteiger partial charge in [-0.2, -0.15) is 0 Å². The van der Waals surface area contributed by atoms with E-state index in [0.29, 0.717) is 24.2 Å². The highest BCUT2D eigenvalue weighted by atomic mass is 35.5. The van der Waals surface area contributed by atoms with Crippen LogP contribution in [0.2, 0.25) is 0 Å². The summed E-state index contributed by atoms with van der Waals surface area (Å²) in [5, 5.41) is 20.6. The minimum atomic E-state index is -0.991. The number of hydrogen-bond donors (Lipinski definition) is 4. The zero-order valence-electron chi connectivity index (χ0n) is 24.0. The van der Waals surface area contributed by atoms with E-state index in [-0.39, 0.29) is 43.7 Å². The van der Waals surface area contributed by atoms with Crippen LogP contribution in [0.5, 0.6) is 0 Å². The summed E-state index contributed by atoms with van der Waals surface area (Å²) in [6.07, 6.45) is 2.20. The van der Waals surface area contributed by atoms with Crippen LogP contribution in [0.4, 0.5) is 8.78 Å². The summed E-state index contributed by atoms with van der Waals surface area (Å²) in [5.41, 5.74) is 5.11. The standard InChI is InChI=1S/C32H41F2N3O2.2ClH/c1-4-6-10-35-20-26-11-22(3)12-27(14-26)32(39)37-30(17-25-15-28(33)18-29(34)16-25)31(38)21-36-19-24-9-7-8-23(5-2)13-24;;/h7-9,11-16,18,30-31,35-36,38H,4-6,10,17,19-21H2,1-3H3,(H,37,39);2*1H/t30-,31-;;/m0../s1. The van der Waals surface area contributed by atoms with E-state index in [0.717, 1.165) is 48.6 Å².